The van der Waals surface area contributed by atoms with E-state index in [1.165, 1.54) is 12.1 Å². The van der Waals surface area contributed by atoms with E-state index < -0.39 is 17.4 Å². The molecule has 0 aliphatic rings. The number of carbonyl (C=O) groups excluding carboxylic acids is 1. The fraction of sp³-hybridized carbons (Fsp3) is 0.100. The maximum absolute atomic E-state index is 13.5. The summed E-state index contributed by atoms with van der Waals surface area (Å²) in [7, 11) is 0. The van der Waals surface area contributed by atoms with E-state index in [1.807, 2.05) is 0 Å². The quantitative estimate of drug-likeness (QED) is 0.851. The zero-order chi connectivity index (χ0) is 13.3. The molecule has 0 bridgehead atoms. The molecule has 18 heavy (non-hydrogen) atoms. The Morgan fingerprint density at radius 2 is 2.28 bits per heavy atom. The van der Waals surface area contributed by atoms with E-state index in [0.29, 0.717) is 0 Å². The van der Waals surface area contributed by atoms with Crippen LogP contribution in [0.5, 0.6) is 0 Å². The fourth-order valence-electron chi connectivity index (χ4n) is 1.39. The summed E-state index contributed by atoms with van der Waals surface area (Å²) in [6.07, 6.45) is 0. The molecule has 8 heteroatoms. The van der Waals surface area contributed by atoms with Gasteiger partial charge in [0, 0.05) is 10.6 Å². The van der Waals surface area contributed by atoms with E-state index in [-0.39, 0.29) is 23.0 Å². The van der Waals surface area contributed by atoms with Crippen molar-refractivity contribution in [2.45, 2.75) is 6.54 Å². The molecule has 0 atom stereocenters. The number of H-pyrrole nitrogens is 1. The number of primary amides is 1. The van der Waals surface area contributed by atoms with Crippen LogP contribution in [0.25, 0.3) is 0 Å². The van der Waals surface area contributed by atoms with Gasteiger partial charge in [0.15, 0.2) is 0 Å². The molecule has 2 aromatic rings. The van der Waals surface area contributed by atoms with Gasteiger partial charge in [-0.1, -0.05) is 17.7 Å². The largest absolute Gasteiger partial charge is 0.363 e. The van der Waals surface area contributed by atoms with Crippen LogP contribution in [-0.2, 0) is 6.54 Å². The standard InChI is InChI=1S/C10H8ClFN4O2/c11-6-2-1-5(7(12)3-6)4-16-10(18)14-9(15-16)8(13)17/h1-3H,4H2,(H2,13,17)(H,14,15,18). The predicted octanol–water partition coefficient (Wildman–Crippen LogP) is 0.511. The maximum Gasteiger partial charge on any atom is 0.344 e. The molecule has 0 aliphatic carbocycles. The highest BCUT2D eigenvalue weighted by Crippen LogP contribution is 2.14. The molecule has 1 amide bonds. The van der Waals surface area contributed by atoms with Crippen molar-refractivity contribution in [3.8, 4) is 0 Å². The molecular formula is C10H8ClFN4O2. The third-order valence-corrected chi connectivity index (χ3v) is 2.48. The Balaban J connectivity index is 2.34. The second-order valence-electron chi connectivity index (χ2n) is 3.54. The first-order valence-corrected chi connectivity index (χ1v) is 5.26. The number of amides is 1. The Hall–Kier alpha value is -2.15. The van der Waals surface area contributed by atoms with Gasteiger partial charge in [-0.25, -0.2) is 13.9 Å². The zero-order valence-corrected chi connectivity index (χ0v) is 9.74. The highest BCUT2D eigenvalue weighted by molar-refractivity contribution is 6.30. The second-order valence-corrected chi connectivity index (χ2v) is 3.97. The molecule has 0 spiro atoms. The average molecular weight is 271 g/mol. The lowest BCUT2D eigenvalue weighted by molar-refractivity contribution is 0.0990. The molecule has 6 nitrogen and oxygen atoms in total. The van der Waals surface area contributed by atoms with Crippen LogP contribution < -0.4 is 11.4 Å². The van der Waals surface area contributed by atoms with Crippen molar-refractivity contribution in [3.05, 3.63) is 50.9 Å². The molecule has 1 heterocycles. The Labute approximate surface area is 105 Å². The van der Waals surface area contributed by atoms with Gasteiger partial charge in [0.2, 0.25) is 5.82 Å². The van der Waals surface area contributed by atoms with Crippen LogP contribution in [0, 0.1) is 5.82 Å². The number of benzene rings is 1. The van der Waals surface area contributed by atoms with Gasteiger partial charge in [-0.3, -0.25) is 9.78 Å². The number of nitrogens with zero attached hydrogens (tertiary/aromatic N) is 2. The van der Waals surface area contributed by atoms with Crippen molar-refractivity contribution >= 4 is 17.5 Å². The summed E-state index contributed by atoms with van der Waals surface area (Å²) in [6.45, 7) is -0.119. The lowest BCUT2D eigenvalue weighted by Crippen LogP contribution is -2.19. The highest BCUT2D eigenvalue weighted by Gasteiger charge is 2.11. The summed E-state index contributed by atoms with van der Waals surface area (Å²) in [5.41, 5.74) is 4.55. The maximum atomic E-state index is 13.5. The number of halogens is 2. The number of rotatable bonds is 3. The first-order valence-electron chi connectivity index (χ1n) is 4.88. The lowest BCUT2D eigenvalue weighted by atomic mass is 10.2. The lowest BCUT2D eigenvalue weighted by Gasteiger charge is -2.02. The Morgan fingerprint density at radius 3 is 2.83 bits per heavy atom. The van der Waals surface area contributed by atoms with E-state index >= 15 is 0 Å². The molecule has 0 aliphatic heterocycles. The Kier molecular flexibility index (Phi) is 3.15. The van der Waals surface area contributed by atoms with E-state index in [9.17, 15) is 14.0 Å². The SMILES string of the molecule is NC(=O)c1nn(Cc2ccc(Cl)cc2F)c(=O)[nH]1. The van der Waals surface area contributed by atoms with Crippen molar-refractivity contribution < 1.29 is 9.18 Å². The minimum absolute atomic E-state index is 0.119. The number of hydrogen-bond acceptors (Lipinski definition) is 3. The molecule has 0 saturated carbocycles. The van der Waals surface area contributed by atoms with Crippen molar-refractivity contribution in [2.24, 2.45) is 5.73 Å². The summed E-state index contributed by atoms with van der Waals surface area (Å²) in [5.74, 6) is -1.69. The highest BCUT2D eigenvalue weighted by atomic mass is 35.5. The van der Waals surface area contributed by atoms with Crippen LogP contribution in [0.1, 0.15) is 16.2 Å². The third-order valence-electron chi connectivity index (χ3n) is 2.25. The smallest absolute Gasteiger partial charge is 0.344 e. The number of nitrogens with one attached hydrogen (secondary N) is 1. The summed E-state index contributed by atoms with van der Waals surface area (Å²) >= 11 is 5.61. The molecule has 1 aromatic heterocycles. The van der Waals surface area contributed by atoms with Gasteiger partial charge < -0.3 is 5.73 Å². The number of hydrogen-bond donors (Lipinski definition) is 2. The van der Waals surface area contributed by atoms with E-state index in [4.69, 9.17) is 17.3 Å². The zero-order valence-electron chi connectivity index (χ0n) is 8.98. The van der Waals surface area contributed by atoms with Crippen LogP contribution in [0.3, 0.4) is 0 Å². The topological polar surface area (TPSA) is 93.8 Å². The van der Waals surface area contributed by atoms with Gasteiger partial charge in [0.1, 0.15) is 5.82 Å². The van der Waals surface area contributed by atoms with Gasteiger partial charge in [0.25, 0.3) is 5.91 Å². The van der Waals surface area contributed by atoms with E-state index in [2.05, 4.69) is 10.1 Å². The molecule has 3 N–H and O–H groups in total. The first-order chi connectivity index (χ1) is 8.47. The van der Waals surface area contributed by atoms with E-state index in [1.54, 1.807) is 0 Å². The van der Waals surface area contributed by atoms with Crippen molar-refractivity contribution in [2.75, 3.05) is 0 Å². The summed E-state index contributed by atoms with van der Waals surface area (Å²) in [6, 6.07) is 4.05. The minimum Gasteiger partial charge on any atom is -0.363 e. The monoisotopic (exact) mass is 270 g/mol. The van der Waals surface area contributed by atoms with Crippen LogP contribution >= 0.6 is 11.6 Å². The van der Waals surface area contributed by atoms with Crippen LogP contribution in [0.4, 0.5) is 4.39 Å². The van der Waals surface area contributed by atoms with Gasteiger partial charge in [-0.05, 0) is 12.1 Å². The predicted molar refractivity (Wildman–Crippen MR) is 61.9 cm³/mol. The molecule has 0 fully saturated rings. The van der Waals surface area contributed by atoms with Gasteiger partial charge >= 0.3 is 5.69 Å². The average Bonchev–Trinajstić information content (AvgIpc) is 2.64. The van der Waals surface area contributed by atoms with E-state index in [0.717, 1.165) is 10.7 Å². The molecule has 0 unspecified atom stereocenters. The number of aromatic nitrogens is 3. The normalized spacial score (nSPS) is 10.6. The Morgan fingerprint density at radius 1 is 1.56 bits per heavy atom. The molecule has 0 radical (unpaired) electrons. The number of carbonyl (C=O) groups is 1. The van der Waals surface area contributed by atoms with Crippen molar-refractivity contribution in [1.29, 1.82) is 0 Å². The second kappa shape index (κ2) is 4.61. The minimum atomic E-state index is -0.859. The third kappa shape index (κ3) is 2.40. The van der Waals surface area contributed by atoms with Crippen LogP contribution in [0.2, 0.25) is 5.02 Å². The van der Waals surface area contributed by atoms with Crippen LogP contribution in [-0.4, -0.2) is 20.7 Å². The van der Waals surface area contributed by atoms with Gasteiger partial charge in [-0.15, -0.1) is 5.10 Å². The summed E-state index contributed by atoms with van der Waals surface area (Å²) in [4.78, 5) is 24.4. The number of aromatic amines is 1. The molecule has 2 rings (SSSR count). The summed E-state index contributed by atoms with van der Waals surface area (Å²) < 4.78 is 14.4. The molecule has 0 saturated heterocycles. The van der Waals surface area contributed by atoms with Gasteiger partial charge in [-0.2, -0.15) is 0 Å². The number of nitrogens with two attached hydrogens (primary N) is 1. The van der Waals surface area contributed by atoms with Crippen LogP contribution in [0.15, 0.2) is 23.0 Å². The fourth-order valence-corrected chi connectivity index (χ4v) is 1.55. The molecule has 1 aromatic carbocycles. The molecule has 94 valence electrons. The Bertz CT molecular complexity index is 664. The van der Waals surface area contributed by atoms with Crippen molar-refractivity contribution in [1.82, 2.24) is 14.8 Å². The first kappa shape index (κ1) is 12.3. The van der Waals surface area contributed by atoms with Crippen molar-refractivity contribution in [3.63, 3.8) is 0 Å². The molecular weight excluding hydrogens is 263 g/mol. The summed E-state index contributed by atoms with van der Waals surface area (Å²) in [5, 5.41) is 3.90. The van der Waals surface area contributed by atoms with Gasteiger partial charge in [0.05, 0.1) is 6.54 Å².